The zero-order valence-corrected chi connectivity index (χ0v) is 16.6. The van der Waals surface area contributed by atoms with E-state index in [9.17, 15) is 0 Å². The molecule has 0 aliphatic carbocycles. The van der Waals surface area contributed by atoms with Crippen molar-refractivity contribution in [2.75, 3.05) is 27.9 Å². The fourth-order valence-electron chi connectivity index (χ4n) is 2.72. The second kappa shape index (κ2) is 7.98. The van der Waals surface area contributed by atoms with E-state index in [1.165, 1.54) is 0 Å². The molecule has 144 valence electrons. The highest BCUT2D eigenvalue weighted by Crippen LogP contribution is 2.41. The third-order valence-electron chi connectivity index (χ3n) is 5.04. The van der Waals surface area contributed by atoms with E-state index in [4.69, 9.17) is 23.5 Å². The number of benzene rings is 1. The van der Waals surface area contributed by atoms with Crippen molar-refractivity contribution >= 4 is 12.7 Å². The van der Waals surface area contributed by atoms with Crippen LogP contribution in [0.4, 0.5) is 4.39 Å². The van der Waals surface area contributed by atoms with Gasteiger partial charge in [0.2, 0.25) is 0 Å². The van der Waals surface area contributed by atoms with Gasteiger partial charge in [0.25, 0.3) is 0 Å². The molecule has 0 spiro atoms. The maximum Gasteiger partial charge on any atom is 0.525 e. The van der Waals surface area contributed by atoms with Gasteiger partial charge in [0, 0.05) is 7.11 Å². The van der Waals surface area contributed by atoms with Gasteiger partial charge in [-0.25, -0.2) is 4.39 Å². The van der Waals surface area contributed by atoms with Gasteiger partial charge in [0.1, 0.15) is 5.73 Å². The van der Waals surface area contributed by atoms with Crippen LogP contribution in [-0.2, 0) is 14.0 Å². The normalized spacial score (nSPS) is 19.3. The molecule has 1 aromatic carbocycles. The second-order valence-electron chi connectivity index (χ2n) is 7.23. The summed E-state index contributed by atoms with van der Waals surface area (Å²) in [6.45, 7) is 7.95. The van der Waals surface area contributed by atoms with E-state index in [1.807, 2.05) is 27.7 Å². The van der Waals surface area contributed by atoms with E-state index in [2.05, 4.69) is 0 Å². The van der Waals surface area contributed by atoms with Gasteiger partial charge >= 0.3 is 7.12 Å². The van der Waals surface area contributed by atoms with Gasteiger partial charge in [-0.05, 0) is 57.4 Å². The highest BCUT2D eigenvalue weighted by atomic mass is 19.1. The lowest BCUT2D eigenvalue weighted by Crippen LogP contribution is -2.41. The molecule has 0 aromatic heterocycles. The first kappa shape index (κ1) is 20.7. The topological polar surface area (TPSA) is 46.2 Å². The summed E-state index contributed by atoms with van der Waals surface area (Å²) in [5.74, 6) is 1.11. The second-order valence-corrected chi connectivity index (χ2v) is 7.23. The fraction of sp³-hybridized carbons (Fsp3) is 0.579. The Morgan fingerprint density at radius 3 is 2.08 bits per heavy atom. The van der Waals surface area contributed by atoms with E-state index < -0.39 is 24.0 Å². The Balaban J connectivity index is 2.45. The number of methoxy groups -OCH3 is 3. The van der Waals surface area contributed by atoms with Crippen molar-refractivity contribution in [1.82, 2.24) is 0 Å². The summed E-state index contributed by atoms with van der Waals surface area (Å²) in [4.78, 5) is 0. The summed E-state index contributed by atoms with van der Waals surface area (Å²) in [6, 6.07) is 5.28. The van der Waals surface area contributed by atoms with Crippen molar-refractivity contribution in [2.24, 2.45) is 0 Å². The predicted octanol–water partition coefficient (Wildman–Crippen LogP) is 4.05. The minimum Gasteiger partial charge on any atom is -0.493 e. The van der Waals surface area contributed by atoms with Gasteiger partial charge in [0.15, 0.2) is 11.5 Å². The Kier molecular flexibility index (Phi) is 6.37. The van der Waals surface area contributed by atoms with Crippen LogP contribution in [0, 0.1) is 0 Å². The van der Waals surface area contributed by atoms with Gasteiger partial charge in [-0.15, -0.1) is 0 Å². The lowest BCUT2D eigenvalue weighted by molar-refractivity contribution is 0.00578. The molecule has 0 bridgehead atoms. The Morgan fingerprint density at radius 2 is 1.58 bits per heavy atom. The molecule has 26 heavy (non-hydrogen) atoms. The smallest absolute Gasteiger partial charge is 0.493 e. The van der Waals surface area contributed by atoms with Gasteiger partial charge < -0.3 is 23.5 Å². The van der Waals surface area contributed by atoms with Crippen molar-refractivity contribution in [3.05, 3.63) is 29.5 Å². The fourth-order valence-corrected chi connectivity index (χ4v) is 2.72. The number of rotatable bonds is 7. The standard InChI is InChI=1S/C19H28BFO5/c1-18(2)19(3,4)26-20(25-18)17(21)14(10-11-22-5)13-8-9-15(23-6)16(12-13)24-7/h8-9,12H,10-11H2,1-7H3. The highest BCUT2D eigenvalue weighted by Gasteiger charge is 2.53. The molecule has 0 radical (unpaired) electrons. The van der Waals surface area contributed by atoms with Crippen molar-refractivity contribution in [1.29, 1.82) is 0 Å². The molecule has 0 N–H and O–H groups in total. The monoisotopic (exact) mass is 366 g/mol. The molecule has 1 saturated heterocycles. The minimum atomic E-state index is -1.06. The van der Waals surface area contributed by atoms with Gasteiger partial charge in [-0.3, -0.25) is 0 Å². The first-order valence-electron chi connectivity index (χ1n) is 8.62. The molecule has 7 heteroatoms. The van der Waals surface area contributed by atoms with Gasteiger partial charge in [0.05, 0.1) is 32.0 Å². The van der Waals surface area contributed by atoms with Crippen LogP contribution in [-0.4, -0.2) is 46.3 Å². The predicted molar refractivity (Wildman–Crippen MR) is 100 cm³/mol. The molecule has 0 unspecified atom stereocenters. The Hall–Kier alpha value is -1.57. The SMILES string of the molecule is COCCC(=C(F)B1OC(C)(C)C(C)(C)O1)c1ccc(OC)c(OC)c1. The van der Waals surface area contributed by atoms with Crippen LogP contribution in [0.1, 0.15) is 39.7 Å². The lowest BCUT2D eigenvalue weighted by Gasteiger charge is -2.32. The van der Waals surface area contributed by atoms with Crippen molar-refractivity contribution in [3.8, 4) is 11.5 Å². The molecule has 5 nitrogen and oxygen atoms in total. The van der Waals surface area contributed by atoms with Gasteiger partial charge in [-0.1, -0.05) is 6.07 Å². The van der Waals surface area contributed by atoms with Crippen LogP contribution in [0.3, 0.4) is 0 Å². The quantitative estimate of drug-likeness (QED) is 0.682. The molecule has 1 fully saturated rings. The van der Waals surface area contributed by atoms with Crippen molar-refractivity contribution in [2.45, 2.75) is 45.3 Å². The number of hydrogen-bond acceptors (Lipinski definition) is 5. The average Bonchev–Trinajstić information content (AvgIpc) is 2.82. The molecule has 1 aliphatic rings. The Labute approximate surface area is 155 Å². The molecular weight excluding hydrogens is 338 g/mol. The first-order chi connectivity index (χ1) is 12.2. The highest BCUT2D eigenvalue weighted by molar-refractivity contribution is 6.55. The average molecular weight is 366 g/mol. The Bertz CT molecular complexity index is 656. The van der Waals surface area contributed by atoms with Crippen LogP contribution >= 0.6 is 0 Å². The molecule has 0 saturated carbocycles. The van der Waals surface area contributed by atoms with Crippen LogP contribution in [0.2, 0.25) is 0 Å². The summed E-state index contributed by atoms with van der Waals surface area (Å²) in [5.41, 5.74) is -0.538. The van der Waals surface area contributed by atoms with E-state index in [1.54, 1.807) is 39.5 Å². The minimum absolute atomic E-state index is 0.372. The zero-order valence-electron chi connectivity index (χ0n) is 16.6. The van der Waals surface area contributed by atoms with Crippen molar-refractivity contribution in [3.63, 3.8) is 0 Å². The van der Waals surface area contributed by atoms with Crippen LogP contribution in [0.25, 0.3) is 5.57 Å². The summed E-state index contributed by atoms with van der Waals surface area (Å²) in [7, 11) is 3.63. The van der Waals surface area contributed by atoms with Crippen LogP contribution < -0.4 is 9.47 Å². The lowest BCUT2D eigenvalue weighted by atomic mass is 9.81. The summed E-state index contributed by atoms with van der Waals surface area (Å²) in [5, 5.41) is 0. The summed E-state index contributed by atoms with van der Waals surface area (Å²) >= 11 is 0. The van der Waals surface area contributed by atoms with E-state index in [0.717, 1.165) is 0 Å². The maximum atomic E-state index is 15.4. The van der Waals surface area contributed by atoms with E-state index >= 15 is 4.39 Å². The molecule has 1 aliphatic heterocycles. The third kappa shape index (κ3) is 4.05. The molecule has 0 amide bonds. The maximum absolute atomic E-state index is 15.4. The Morgan fingerprint density at radius 1 is 1.00 bits per heavy atom. The van der Waals surface area contributed by atoms with Gasteiger partial charge in [-0.2, -0.15) is 0 Å². The number of ether oxygens (including phenoxy) is 3. The number of halogens is 1. The molecular formula is C19H28BFO5. The first-order valence-corrected chi connectivity index (χ1v) is 8.62. The van der Waals surface area contributed by atoms with Crippen molar-refractivity contribution < 1.29 is 27.9 Å². The number of hydrogen-bond donors (Lipinski definition) is 0. The van der Waals surface area contributed by atoms with E-state index in [0.29, 0.717) is 35.7 Å². The molecule has 1 heterocycles. The van der Waals surface area contributed by atoms with Crippen LogP contribution in [0.5, 0.6) is 11.5 Å². The molecule has 1 aromatic rings. The summed E-state index contributed by atoms with van der Waals surface area (Å²) < 4.78 is 42.9. The third-order valence-corrected chi connectivity index (χ3v) is 5.04. The summed E-state index contributed by atoms with van der Waals surface area (Å²) in [6.07, 6.45) is 0.377. The molecule has 0 atom stereocenters. The largest absolute Gasteiger partial charge is 0.525 e. The van der Waals surface area contributed by atoms with E-state index in [-0.39, 0.29) is 0 Å². The zero-order chi connectivity index (χ0) is 19.5. The van der Waals surface area contributed by atoms with Crippen LogP contribution in [0.15, 0.2) is 23.9 Å². The molecule has 2 rings (SSSR count).